The first-order chi connectivity index (χ1) is 11.8. The number of aryl methyl sites for hydroxylation is 2. The molecule has 0 radical (unpaired) electrons. The van der Waals surface area contributed by atoms with E-state index in [1.165, 1.54) is 44.1 Å². The normalized spacial score (nSPS) is 24.9. The van der Waals surface area contributed by atoms with E-state index in [1.807, 2.05) is 7.05 Å². The molecule has 0 amide bonds. The molecule has 134 valence electrons. The van der Waals surface area contributed by atoms with E-state index in [-0.39, 0.29) is 0 Å². The van der Waals surface area contributed by atoms with Crippen molar-refractivity contribution in [1.29, 1.82) is 0 Å². The Kier molecular flexibility index (Phi) is 5.80. The second kappa shape index (κ2) is 8.04. The maximum absolute atomic E-state index is 5.44. The summed E-state index contributed by atoms with van der Waals surface area (Å²) in [6, 6.07) is 0.609. The number of rotatable bonds is 6. The van der Waals surface area contributed by atoms with Gasteiger partial charge < -0.3 is 15.2 Å². The lowest BCUT2D eigenvalue weighted by Crippen LogP contribution is -2.39. The Bertz CT molecular complexity index is 538. The van der Waals surface area contributed by atoms with Gasteiger partial charge in [-0.05, 0) is 24.7 Å². The minimum absolute atomic E-state index is 0.609. The van der Waals surface area contributed by atoms with Crippen molar-refractivity contribution in [3.63, 3.8) is 0 Å². The summed E-state index contributed by atoms with van der Waals surface area (Å²) in [5.74, 6) is 3.69. The predicted molar refractivity (Wildman–Crippen MR) is 97.1 cm³/mol. The number of aliphatic imine (C=N–C) groups is 1. The topological polar surface area (TPSA) is 62.5 Å². The fourth-order valence-corrected chi connectivity index (χ4v) is 4.14. The molecule has 2 fully saturated rings. The highest BCUT2D eigenvalue weighted by atomic mass is 16.5. The van der Waals surface area contributed by atoms with Crippen LogP contribution in [0.15, 0.2) is 9.52 Å². The highest BCUT2D eigenvalue weighted by molar-refractivity contribution is 5.80. The van der Waals surface area contributed by atoms with Crippen molar-refractivity contribution in [2.75, 3.05) is 7.05 Å². The molecule has 2 atom stereocenters. The summed E-state index contributed by atoms with van der Waals surface area (Å²) in [5, 5.41) is 11.2. The van der Waals surface area contributed by atoms with E-state index in [0.29, 0.717) is 6.04 Å². The van der Waals surface area contributed by atoms with Crippen LogP contribution in [0.5, 0.6) is 0 Å². The van der Waals surface area contributed by atoms with Crippen LogP contribution in [-0.2, 0) is 19.4 Å². The minimum Gasteiger partial charge on any atom is -0.361 e. The fourth-order valence-electron chi connectivity index (χ4n) is 4.14. The smallest absolute Gasteiger partial charge is 0.191 e. The molecule has 1 aromatic heterocycles. The highest BCUT2D eigenvalue weighted by Gasteiger charge is 2.43. The number of hydrogen-bond donors (Lipinski definition) is 2. The first-order valence-electron chi connectivity index (χ1n) is 9.70. The van der Waals surface area contributed by atoms with Crippen LogP contribution in [0.25, 0.3) is 0 Å². The standard InChI is InChI=1S/C19H32N4O/c1-4-16-15(18(5-2)24-23-16)12-21-19(20-3)22-17-11-14(17)13-9-7-6-8-10-13/h13-14,17H,4-12H2,1-3H3,(H2,20,21,22). The van der Waals surface area contributed by atoms with Crippen LogP contribution in [0.4, 0.5) is 0 Å². The largest absolute Gasteiger partial charge is 0.361 e. The van der Waals surface area contributed by atoms with Crippen molar-refractivity contribution in [3.8, 4) is 0 Å². The summed E-state index contributed by atoms with van der Waals surface area (Å²) in [6.07, 6.45) is 10.2. The Balaban J connectivity index is 1.50. The number of nitrogens with one attached hydrogen (secondary N) is 2. The summed E-state index contributed by atoms with van der Waals surface area (Å²) in [6.45, 7) is 4.96. The molecule has 1 heterocycles. The first-order valence-corrected chi connectivity index (χ1v) is 9.70. The second-order valence-electron chi connectivity index (χ2n) is 7.21. The zero-order valence-corrected chi connectivity index (χ0v) is 15.4. The molecular formula is C19H32N4O. The molecule has 2 saturated carbocycles. The average Bonchev–Trinajstić information content (AvgIpc) is 3.29. The molecule has 3 rings (SSSR count). The molecule has 0 bridgehead atoms. The van der Waals surface area contributed by atoms with Crippen molar-refractivity contribution in [2.45, 2.75) is 77.8 Å². The summed E-state index contributed by atoms with van der Waals surface area (Å²) < 4.78 is 5.44. The van der Waals surface area contributed by atoms with Crippen molar-refractivity contribution in [3.05, 3.63) is 17.0 Å². The molecule has 2 aliphatic carbocycles. The molecule has 2 N–H and O–H groups in total. The lowest BCUT2D eigenvalue weighted by Gasteiger charge is -2.22. The zero-order valence-electron chi connectivity index (χ0n) is 15.4. The number of nitrogens with zero attached hydrogens (tertiary/aromatic N) is 2. The van der Waals surface area contributed by atoms with Crippen LogP contribution in [0.2, 0.25) is 0 Å². The molecular weight excluding hydrogens is 300 g/mol. The van der Waals surface area contributed by atoms with E-state index in [4.69, 9.17) is 4.52 Å². The molecule has 2 unspecified atom stereocenters. The third kappa shape index (κ3) is 3.93. The maximum atomic E-state index is 5.44. The molecule has 1 aromatic rings. The molecule has 0 spiro atoms. The minimum atomic E-state index is 0.609. The highest BCUT2D eigenvalue weighted by Crippen LogP contribution is 2.44. The Labute approximate surface area is 145 Å². The third-order valence-corrected chi connectivity index (χ3v) is 5.68. The second-order valence-corrected chi connectivity index (χ2v) is 7.21. The average molecular weight is 332 g/mol. The van der Waals surface area contributed by atoms with Crippen molar-refractivity contribution < 1.29 is 4.52 Å². The SMILES string of the molecule is CCc1noc(CC)c1CNC(=NC)NC1CC1C1CCCCC1. The van der Waals surface area contributed by atoms with Gasteiger partial charge in [-0.2, -0.15) is 0 Å². The Hall–Kier alpha value is -1.52. The Morgan fingerprint density at radius 2 is 2.00 bits per heavy atom. The van der Waals surface area contributed by atoms with Gasteiger partial charge in [0.1, 0.15) is 5.76 Å². The van der Waals surface area contributed by atoms with Gasteiger partial charge in [-0.25, -0.2) is 0 Å². The molecule has 5 nitrogen and oxygen atoms in total. The summed E-state index contributed by atoms with van der Waals surface area (Å²) >= 11 is 0. The van der Waals surface area contributed by atoms with E-state index in [9.17, 15) is 0 Å². The Morgan fingerprint density at radius 3 is 2.67 bits per heavy atom. The molecule has 0 aliphatic heterocycles. The van der Waals surface area contributed by atoms with E-state index >= 15 is 0 Å². The lowest BCUT2D eigenvalue weighted by atomic mass is 9.85. The predicted octanol–water partition coefficient (Wildman–Crippen LogP) is 3.43. The summed E-state index contributed by atoms with van der Waals surface area (Å²) in [5.41, 5.74) is 2.25. The lowest BCUT2D eigenvalue weighted by molar-refractivity contribution is 0.315. The van der Waals surface area contributed by atoms with Gasteiger partial charge in [0.05, 0.1) is 5.69 Å². The third-order valence-electron chi connectivity index (χ3n) is 5.68. The van der Waals surface area contributed by atoms with E-state index in [0.717, 1.165) is 48.6 Å². The number of hydrogen-bond acceptors (Lipinski definition) is 3. The van der Waals surface area contributed by atoms with Crippen LogP contribution in [-0.4, -0.2) is 24.2 Å². The number of guanidine groups is 1. The van der Waals surface area contributed by atoms with Gasteiger partial charge in [-0.15, -0.1) is 0 Å². The van der Waals surface area contributed by atoms with E-state index in [1.54, 1.807) is 0 Å². The van der Waals surface area contributed by atoms with Gasteiger partial charge in [0.15, 0.2) is 5.96 Å². The summed E-state index contributed by atoms with van der Waals surface area (Å²) in [7, 11) is 1.85. The first kappa shape index (κ1) is 17.3. The molecule has 5 heteroatoms. The molecule has 2 aliphatic rings. The van der Waals surface area contributed by atoms with Crippen LogP contribution >= 0.6 is 0 Å². The summed E-state index contributed by atoms with van der Waals surface area (Å²) in [4.78, 5) is 4.40. The van der Waals surface area contributed by atoms with E-state index < -0.39 is 0 Å². The molecule has 24 heavy (non-hydrogen) atoms. The van der Waals surface area contributed by atoms with Gasteiger partial charge >= 0.3 is 0 Å². The molecule has 0 saturated heterocycles. The van der Waals surface area contributed by atoms with Crippen LogP contribution < -0.4 is 10.6 Å². The maximum Gasteiger partial charge on any atom is 0.191 e. The van der Waals surface area contributed by atoms with E-state index in [2.05, 4.69) is 34.6 Å². The Morgan fingerprint density at radius 1 is 1.21 bits per heavy atom. The van der Waals surface area contributed by atoms with Gasteiger partial charge in [0, 0.05) is 31.6 Å². The van der Waals surface area contributed by atoms with Crippen LogP contribution in [0, 0.1) is 11.8 Å². The quantitative estimate of drug-likeness (QED) is 0.619. The van der Waals surface area contributed by atoms with Crippen molar-refractivity contribution in [2.24, 2.45) is 16.8 Å². The van der Waals surface area contributed by atoms with Gasteiger partial charge in [-0.3, -0.25) is 4.99 Å². The fraction of sp³-hybridized carbons (Fsp3) is 0.789. The van der Waals surface area contributed by atoms with Gasteiger partial charge in [-0.1, -0.05) is 51.1 Å². The zero-order chi connectivity index (χ0) is 16.9. The van der Waals surface area contributed by atoms with Crippen molar-refractivity contribution >= 4 is 5.96 Å². The molecule has 0 aromatic carbocycles. The van der Waals surface area contributed by atoms with Gasteiger partial charge in [0.2, 0.25) is 0 Å². The van der Waals surface area contributed by atoms with Crippen LogP contribution in [0.1, 0.15) is 69.4 Å². The number of aromatic nitrogens is 1. The van der Waals surface area contributed by atoms with Crippen LogP contribution in [0.3, 0.4) is 0 Å². The van der Waals surface area contributed by atoms with Crippen molar-refractivity contribution in [1.82, 2.24) is 15.8 Å². The monoisotopic (exact) mass is 332 g/mol. The van der Waals surface area contributed by atoms with Gasteiger partial charge in [0.25, 0.3) is 0 Å².